The highest BCUT2D eigenvalue weighted by molar-refractivity contribution is 5.65. The van der Waals surface area contributed by atoms with E-state index in [9.17, 15) is 0 Å². The molecule has 2 rings (SSSR count). The second kappa shape index (κ2) is 4.33. The number of benzene rings is 1. The summed E-state index contributed by atoms with van der Waals surface area (Å²) in [4.78, 5) is 0. The second-order valence-corrected chi connectivity index (χ2v) is 4.09. The maximum atomic E-state index is 7.87. The van der Waals surface area contributed by atoms with Crippen LogP contribution in [0.1, 0.15) is 34.6 Å². The van der Waals surface area contributed by atoms with E-state index >= 15 is 0 Å². The van der Waals surface area contributed by atoms with Crippen LogP contribution >= 0.6 is 0 Å². The van der Waals surface area contributed by atoms with Gasteiger partial charge in [-0.2, -0.15) is 0 Å². The van der Waals surface area contributed by atoms with E-state index in [0.29, 0.717) is 11.1 Å². The van der Waals surface area contributed by atoms with Crippen molar-refractivity contribution in [2.24, 2.45) is 7.05 Å². The predicted molar refractivity (Wildman–Crippen MR) is 72.0 cm³/mol. The van der Waals surface area contributed by atoms with E-state index in [1.54, 1.807) is 18.5 Å². The minimum absolute atomic E-state index is 0.142. The molecule has 0 atom stereocenters. The number of aryl methyl sites for hydroxylation is 4. The number of aromatic nitrogens is 1. The first-order valence-corrected chi connectivity index (χ1v) is 5.29. The van der Waals surface area contributed by atoms with Gasteiger partial charge >= 0.3 is 0 Å². The number of hydrogen-bond donors (Lipinski definition) is 0. The molecule has 0 saturated heterocycles. The fourth-order valence-electron chi connectivity index (χ4n) is 1.90. The average molecular weight is 235 g/mol. The highest BCUT2D eigenvalue weighted by atomic mass is 14.9. The van der Waals surface area contributed by atoms with E-state index in [-0.39, 0.29) is 22.4 Å². The van der Waals surface area contributed by atoms with Gasteiger partial charge in [-0.15, -0.1) is 0 Å². The van der Waals surface area contributed by atoms with Gasteiger partial charge in [0.15, 0.2) is 6.20 Å². The molecule has 0 spiro atoms. The molecular weight excluding hydrogens is 206 g/mol. The molecule has 0 unspecified atom stereocenters. The summed E-state index contributed by atoms with van der Waals surface area (Å²) in [6.07, 6.45) is 1.50. The molecule has 0 aliphatic carbocycles. The summed E-state index contributed by atoms with van der Waals surface area (Å²) in [6.45, 7) is -5.83. The van der Waals surface area contributed by atoms with Gasteiger partial charge in [-0.1, -0.05) is 17.7 Å². The molecule has 1 heterocycles. The summed E-state index contributed by atoms with van der Waals surface area (Å²) in [5.41, 5.74) is 0.953. The van der Waals surface area contributed by atoms with E-state index in [4.69, 9.17) is 12.3 Å². The van der Waals surface area contributed by atoms with Crippen LogP contribution in [-0.4, -0.2) is 0 Å². The third kappa shape index (κ3) is 2.10. The smallest absolute Gasteiger partial charge is 0.201 e. The monoisotopic (exact) mass is 235 g/mol. The van der Waals surface area contributed by atoms with Crippen LogP contribution in [0.3, 0.4) is 0 Å². The first-order chi connectivity index (χ1) is 11.6. The van der Waals surface area contributed by atoms with Crippen LogP contribution in [0.15, 0.2) is 30.5 Å². The van der Waals surface area contributed by atoms with Crippen LogP contribution in [0.2, 0.25) is 0 Å². The number of pyridine rings is 1. The van der Waals surface area contributed by atoms with Gasteiger partial charge in [0, 0.05) is 29.5 Å². The Bertz CT molecular complexity index is 829. The molecule has 1 aromatic carbocycles. The fraction of sp³-hybridized carbons (Fsp3) is 0.312. The van der Waals surface area contributed by atoms with E-state index < -0.39 is 20.6 Å². The van der Waals surface area contributed by atoms with Gasteiger partial charge in [0.1, 0.15) is 7.05 Å². The Kier molecular flexibility index (Phi) is 1.25. The van der Waals surface area contributed by atoms with E-state index in [2.05, 4.69) is 0 Å². The van der Waals surface area contributed by atoms with Gasteiger partial charge < -0.3 is 0 Å². The Morgan fingerprint density at radius 1 is 1.06 bits per heavy atom. The molecule has 2 aromatic rings. The lowest BCUT2D eigenvalue weighted by Gasteiger charge is -2.09. The summed E-state index contributed by atoms with van der Waals surface area (Å²) in [5.74, 6) is 0. The molecular formula is C16H20N+. The molecule has 0 radical (unpaired) electrons. The maximum Gasteiger partial charge on any atom is 0.215 e. The summed E-state index contributed by atoms with van der Waals surface area (Å²) in [6, 6.07) is 5.73. The summed E-state index contributed by atoms with van der Waals surface area (Å²) < 4.78 is 70.8. The van der Waals surface area contributed by atoms with Gasteiger partial charge in [-0.05, 0) is 44.7 Å². The lowest BCUT2D eigenvalue weighted by atomic mass is 9.97. The molecule has 0 saturated carbocycles. The van der Waals surface area contributed by atoms with E-state index in [1.165, 1.54) is 30.5 Å². The predicted octanol–water partition coefficient (Wildman–Crippen LogP) is 3.41. The normalized spacial score (nSPS) is 20.7. The van der Waals surface area contributed by atoms with Gasteiger partial charge in [-0.25, -0.2) is 4.57 Å². The number of hydrogen-bond acceptors (Lipinski definition) is 0. The van der Waals surface area contributed by atoms with Crippen molar-refractivity contribution in [1.82, 2.24) is 0 Å². The Morgan fingerprint density at radius 3 is 2.59 bits per heavy atom. The zero-order chi connectivity index (χ0) is 20.1. The highest BCUT2D eigenvalue weighted by Gasteiger charge is 2.16. The zero-order valence-corrected chi connectivity index (χ0v) is 9.83. The van der Waals surface area contributed by atoms with Crippen LogP contribution < -0.4 is 4.57 Å². The molecule has 0 aliphatic heterocycles. The summed E-state index contributed by atoms with van der Waals surface area (Å²) >= 11 is 0. The quantitative estimate of drug-likeness (QED) is 0.667. The van der Waals surface area contributed by atoms with Crippen LogP contribution in [0.5, 0.6) is 0 Å². The Balaban J connectivity index is 2.86. The standard InChI is InChI=1S/C16H20N/c1-11-6-7-15(13(3)10-11)16-14(4)12(2)8-9-17(16)5/h6-10H,1-5H3/q+1/i1D3,2D3,4D3. The largest absolute Gasteiger partial charge is 0.215 e. The van der Waals surface area contributed by atoms with Gasteiger partial charge in [0.2, 0.25) is 5.69 Å². The van der Waals surface area contributed by atoms with Crippen molar-refractivity contribution in [3.8, 4) is 11.3 Å². The van der Waals surface area contributed by atoms with Crippen molar-refractivity contribution in [2.75, 3.05) is 0 Å². The molecule has 1 heteroatoms. The molecule has 88 valence electrons. The molecule has 0 fully saturated rings. The van der Waals surface area contributed by atoms with Crippen LogP contribution in [0, 0.1) is 27.5 Å². The SMILES string of the molecule is [2H]C([2H])([2H])c1ccc(-c2c(C([2H])([2H])[2H])c(C([2H])([2H])[2H])cc[n+]2C)c(C)c1. The zero-order valence-electron chi connectivity index (χ0n) is 18.8. The van der Waals surface area contributed by atoms with Gasteiger partial charge in [0.25, 0.3) is 0 Å². The topological polar surface area (TPSA) is 3.88 Å². The number of rotatable bonds is 1. The molecule has 0 amide bonds. The third-order valence-corrected chi connectivity index (χ3v) is 2.81. The van der Waals surface area contributed by atoms with Crippen molar-refractivity contribution in [3.05, 3.63) is 52.7 Å². The minimum atomic E-state index is -2.65. The minimum Gasteiger partial charge on any atom is -0.201 e. The van der Waals surface area contributed by atoms with Crippen molar-refractivity contribution >= 4 is 0 Å². The molecule has 0 N–H and O–H groups in total. The fourth-order valence-corrected chi connectivity index (χ4v) is 1.90. The van der Waals surface area contributed by atoms with E-state index in [0.717, 1.165) is 0 Å². The average Bonchev–Trinajstić information content (AvgIpc) is 2.44. The summed E-state index contributed by atoms with van der Waals surface area (Å²) in [7, 11) is 1.63. The first-order valence-electron chi connectivity index (χ1n) is 9.79. The first kappa shape index (κ1) is 4.93. The van der Waals surface area contributed by atoms with Crippen molar-refractivity contribution in [3.63, 3.8) is 0 Å². The highest BCUT2D eigenvalue weighted by Crippen LogP contribution is 2.25. The van der Waals surface area contributed by atoms with Gasteiger partial charge in [0.05, 0.1) is 0 Å². The van der Waals surface area contributed by atoms with Crippen molar-refractivity contribution in [1.29, 1.82) is 0 Å². The van der Waals surface area contributed by atoms with Crippen molar-refractivity contribution < 1.29 is 16.9 Å². The van der Waals surface area contributed by atoms with Crippen LogP contribution in [-0.2, 0) is 7.05 Å². The van der Waals surface area contributed by atoms with Crippen LogP contribution in [0.25, 0.3) is 11.3 Å². The molecule has 17 heavy (non-hydrogen) atoms. The molecule has 0 bridgehead atoms. The lowest BCUT2D eigenvalue weighted by Crippen LogP contribution is -2.32. The van der Waals surface area contributed by atoms with Crippen LogP contribution in [0.4, 0.5) is 0 Å². The maximum absolute atomic E-state index is 7.87. The molecule has 1 nitrogen and oxygen atoms in total. The van der Waals surface area contributed by atoms with E-state index in [1.807, 2.05) is 0 Å². The molecule has 0 aliphatic rings. The van der Waals surface area contributed by atoms with Gasteiger partial charge in [-0.3, -0.25) is 0 Å². The Morgan fingerprint density at radius 2 is 1.94 bits per heavy atom. The Hall–Kier alpha value is -1.63. The summed E-state index contributed by atoms with van der Waals surface area (Å²) in [5, 5.41) is 0. The van der Waals surface area contributed by atoms with Crippen molar-refractivity contribution in [2.45, 2.75) is 27.5 Å². The number of nitrogens with zero attached hydrogens (tertiary/aromatic N) is 1. The lowest BCUT2D eigenvalue weighted by molar-refractivity contribution is -0.660. The molecule has 1 aromatic heterocycles. The Labute approximate surface area is 116 Å². The third-order valence-electron chi connectivity index (χ3n) is 2.81. The second-order valence-electron chi connectivity index (χ2n) is 4.09.